The number of hydrogen-bond donors (Lipinski definition) is 0. The van der Waals surface area contributed by atoms with E-state index in [0.717, 1.165) is 88.0 Å². The molecule has 62 heavy (non-hydrogen) atoms. The molecule has 0 saturated carbocycles. The molecule has 5 nitrogen and oxygen atoms in total. The lowest BCUT2D eigenvalue weighted by atomic mass is 10.00. The van der Waals surface area contributed by atoms with Gasteiger partial charge >= 0.3 is 0 Å². The Kier molecular flexibility index (Phi) is 7.54. The van der Waals surface area contributed by atoms with Crippen LogP contribution in [0.1, 0.15) is 0 Å². The molecule has 3 heterocycles. The number of hydrogen-bond acceptors (Lipinski definition) is 4. The summed E-state index contributed by atoms with van der Waals surface area (Å²) in [6.07, 6.45) is 0. The summed E-state index contributed by atoms with van der Waals surface area (Å²) < 4.78 is 9.30. The SMILES string of the molecule is c1ccc(-c2cccc(-c3nc(-c4ccc5c(ccc6ccccc65)c4)nc(-c4ccc5c(oc6ccccc65)c4-n4c5ccccc5c5cc6ccccc6cc54)n3)c2)cc1. The van der Waals surface area contributed by atoms with Gasteiger partial charge in [-0.1, -0.05) is 158 Å². The summed E-state index contributed by atoms with van der Waals surface area (Å²) in [7, 11) is 0. The Morgan fingerprint density at radius 2 is 0.935 bits per heavy atom. The van der Waals surface area contributed by atoms with Gasteiger partial charge in [0.2, 0.25) is 0 Å². The van der Waals surface area contributed by atoms with Crippen LogP contribution in [0.2, 0.25) is 0 Å². The standard InChI is InChI=1S/C57H34N4O/c1-2-13-35(14-3-1)37-18-12-19-41(31-37)55-58-56(42-27-28-44-40(32-42)26-25-36-15-6-7-20-43(36)44)60-57(59-55)48-30-29-47-46-22-9-11-24-52(46)62-54(47)53(48)61-50-23-10-8-21-45(50)49-33-38-16-4-5-17-39(38)34-51(49)61/h1-34H. The van der Waals surface area contributed by atoms with Crippen LogP contribution in [0.4, 0.5) is 0 Å². The zero-order chi connectivity index (χ0) is 40.7. The molecule has 0 radical (unpaired) electrons. The van der Waals surface area contributed by atoms with Crippen LogP contribution in [0.5, 0.6) is 0 Å². The number of rotatable bonds is 5. The molecule has 0 saturated heterocycles. The number of fused-ring (bicyclic) bond motifs is 10. The van der Waals surface area contributed by atoms with Crippen LogP contribution < -0.4 is 0 Å². The predicted molar refractivity (Wildman–Crippen MR) is 256 cm³/mol. The van der Waals surface area contributed by atoms with Crippen molar-refractivity contribution in [3.63, 3.8) is 0 Å². The van der Waals surface area contributed by atoms with Crippen LogP contribution in [0.3, 0.4) is 0 Å². The van der Waals surface area contributed by atoms with E-state index in [1.807, 2.05) is 18.2 Å². The fourth-order valence-corrected chi connectivity index (χ4v) is 9.45. The minimum absolute atomic E-state index is 0.554. The fourth-order valence-electron chi connectivity index (χ4n) is 9.45. The highest BCUT2D eigenvalue weighted by molar-refractivity contribution is 6.17. The van der Waals surface area contributed by atoms with E-state index in [2.05, 4.69) is 193 Å². The molecule has 288 valence electrons. The third-order valence-electron chi connectivity index (χ3n) is 12.4. The van der Waals surface area contributed by atoms with Gasteiger partial charge in [-0.25, -0.2) is 15.0 Å². The van der Waals surface area contributed by atoms with Crippen molar-refractivity contribution in [3.8, 4) is 51.0 Å². The molecule has 5 heteroatoms. The third kappa shape index (κ3) is 5.38. The number of aromatic nitrogens is 4. The van der Waals surface area contributed by atoms with Crippen LogP contribution in [0, 0.1) is 0 Å². The minimum atomic E-state index is 0.554. The van der Waals surface area contributed by atoms with E-state index >= 15 is 0 Å². The zero-order valence-electron chi connectivity index (χ0n) is 33.3. The van der Waals surface area contributed by atoms with Crippen molar-refractivity contribution in [3.05, 3.63) is 206 Å². The third-order valence-corrected chi connectivity index (χ3v) is 12.4. The lowest BCUT2D eigenvalue weighted by molar-refractivity contribution is 0.666. The van der Waals surface area contributed by atoms with E-state index in [-0.39, 0.29) is 0 Å². The van der Waals surface area contributed by atoms with Gasteiger partial charge in [0.05, 0.1) is 11.0 Å². The lowest BCUT2D eigenvalue weighted by Crippen LogP contribution is -2.04. The van der Waals surface area contributed by atoms with Gasteiger partial charge < -0.3 is 8.98 Å². The molecule has 0 unspecified atom stereocenters. The largest absolute Gasteiger partial charge is 0.454 e. The number of para-hydroxylation sites is 2. The molecule has 0 bridgehead atoms. The summed E-state index contributed by atoms with van der Waals surface area (Å²) in [6, 6.07) is 72.7. The molecule has 0 aliphatic heterocycles. The Morgan fingerprint density at radius 3 is 1.79 bits per heavy atom. The van der Waals surface area contributed by atoms with Gasteiger partial charge in [0.1, 0.15) is 11.3 Å². The van der Waals surface area contributed by atoms with Crippen molar-refractivity contribution < 1.29 is 4.42 Å². The minimum Gasteiger partial charge on any atom is -0.454 e. The average molecular weight is 791 g/mol. The van der Waals surface area contributed by atoms with E-state index in [0.29, 0.717) is 17.5 Å². The van der Waals surface area contributed by atoms with E-state index < -0.39 is 0 Å². The first-order valence-corrected chi connectivity index (χ1v) is 20.9. The van der Waals surface area contributed by atoms with E-state index in [9.17, 15) is 0 Å². The van der Waals surface area contributed by atoms with Crippen molar-refractivity contribution in [2.45, 2.75) is 0 Å². The summed E-state index contributed by atoms with van der Waals surface area (Å²) in [6.45, 7) is 0. The topological polar surface area (TPSA) is 56.7 Å². The Balaban J connectivity index is 1.12. The van der Waals surface area contributed by atoms with Gasteiger partial charge in [-0.3, -0.25) is 0 Å². The van der Waals surface area contributed by atoms with E-state index in [1.54, 1.807) is 0 Å². The first-order chi connectivity index (χ1) is 30.7. The summed E-state index contributed by atoms with van der Waals surface area (Å²) in [5.74, 6) is 1.73. The summed E-state index contributed by atoms with van der Waals surface area (Å²) in [5, 5.41) is 11.5. The first kappa shape index (κ1) is 34.5. The zero-order valence-corrected chi connectivity index (χ0v) is 33.3. The Hall–Kier alpha value is -8.41. The maximum atomic E-state index is 6.94. The highest BCUT2D eigenvalue weighted by Gasteiger charge is 2.25. The molecule has 13 aromatic rings. The molecule has 10 aromatic carbocycles. The molecule has 0 atom stereocenters. The predicted octanol–water partition coefficient (Wildman–Crippen LogP) is 15.0. The monoisotopic (exact) mass is 790 g/mol. The van der Waals surface area contributed by atoms with Crippen molar-refractivity contribution in [1.82, 2.24) is 19.5 Å². The van der Waals surface area contributed by atoms with Gasteiger partial charge in [-0.2, -0.15) is 0 Å². The van der Waals surface area contributed by atoms with Gasteiger partial charge in [0, 0.05) is 38.2 Å². The van der Waals surface area contributed by atoms with Crippen LogP contribution in [-0.4, -0.2) is 19.5 Å². The van der Waals surface area contributed by atoms with Gasteiger partial charge in [0.15, 0.2) is 23.1 Å². The lowest BCUT2D eigenvalue weighted by Gasteiger charge is -2.16. The maximum Gasteiger partial charge on any atom is 0.166 e. The fraction of sp³-hybridized carbons (Fsp3) is 0. The second-order valence-electron chi connectivity index (χ2n) is 16.0. The van der Waals surface area contributed by atoms with Crippen LogP contribution in [0.15, 0.2) is 211 Å². The normalized spacial score (nSPS) is 11.9. The second-order valence-corrected chi connectivity index (χ2v) is 16.0. The van der Waals surface area contributed by atoms with Gasteiger partial charge in [0.25, 0.3) is 0 Å². The van der Waals surface area contributed by atoms with Gasteiger partial charge in [-0.05, 0) is 92.0 Å². The molecule has 13 rings (SSSR count). The van der Waals surface area contributed by atoms with E-state index in [1.165, 1.54) is 21.5 Å². The summed E-state index contributed by atoms with van der Waals surface area (Å²) in [5.41, 5.74) is 9.48. The highest BCUT2D eigenvalue weighted by Crippen LogP contribution is 2.43. The van der Waals surface area contributed by atoms with Crippen LogP contribution in [0.25, 0.3) is 127 Å². The molecule has 0 aliphatic rings. The van der Waals surface area contributed by atoms with Crippen LogP contribution in [-0.2, 0) is 0 Å². The molecular weight excluding hydrogens is 757 g/mol. The smallest absolute Gasteiger partial charge is 0.166 e. The number of benzene rings is 10. The summed E-state index contributed by atoms with van der Waals surface area (Å²) >= 11 is 0. The summed E-state index contributed by atoms with van der Waals surface area (Å²) in [4.78, 5) is 16.1. The van der Waals surface area contributed by atoms with Gasteiger partial charge in [-0.15, -0.1) is 0 Å². The molecular formula is C57H34N4O. The first-order valence-electron chi connectivity index (χ1n) is 20.9. The van der Waals surface area contributed by atoms with E-state index in [4.69, 9.17) is 19.4 Å². The molecule has 3 aromatic heterocycles. The Morgan fingerprint density at radius 1 is 0.323 bits per heavy atom. The Labute approximate surface area is 355 Å². The molecule has 0 fully saturated rings. The Bertz CT molecular complexity index is 3940. The quantitative estimate of drug-likeness (QED) is 0.163. The van der Waals surface area contributed by atoms with Crippen molar-refractivity contribution >= 4 is 76.1 Å². The highest BCUT2D eigenvalue weighted by atomic mass is 16.3. The number of furan rings is 1. The van der Waals surface area contributed by atoms with Crippen molar-refractivity contribution in [1.29, 1.82) is 0 Å². The maximum absolute atomic E-state index is 6.94. The second kappa shape index (κ2) is 13.6. The molecule has 0 amide bonds. The molecule has 0 aliphatic carbocycles. The van der Waals surface area contributed by atoms with Crippen molar-refractivity contribution in [2.75, 3.05) is 0 Å². The number of nitrogens with zero attached hydrogens (tertiary/aromatic N) is 4. The van der Waals surface area contributed by atoms with Crippen LogP contribution >= 0.6 is 0 Å². The molecule has 0 spiro atoms. The average Bonchev–Trinajstić information content (AvgIpc) is 3.88. The molecule has 0 N–H and O–H groups in total. The van der Waals surface area contributed by atoms with Crippen molar-refractivity contribution in [2.24, 2.45) is 0 Å².